The molecule has 1 saturated heterocycles. The van der Waals surface area contributed by atoms with Crippen LogP contribution >= 0.6 is 0 Å². The number of hydrogen-bond acceptors (Lipinski definition) is 3. The van der Waals surface area contributed by atoms with Gasteiger partial charge in [0.25, 0.3) is 0 Å². The molecule has 3 nitrogen and oxygen atoms in total. The highest BCUT2D eigenvalue weighted by molar-refractivity contribution is 7.85. The molecule has 0 amide bonds. The third kappa shape index (κ3) is 3.25. The van der Waals surface area contributed by atoms with E-state index in [2.05, 4.69) is 49.4 Å². The molecule has 0 spiro atoms. The molecule has 1 N–H and O–H groups in total. The van der Waals surface area contributed by atoms with Crippen LogP contribution in [0.3, 0.4) is 0 Å². The molecular weight excluding hydrogens is 244 g/mol. The molecule has 0 bridgehead atoms. The van der Waals surface area contributed by atoms with Crippen molar-refractivity contribution >= 4 is 22.2 Å². The molecule has 0 saturated carbocycles. The molecule has 1 heterocycles. The molecule has 0 aromatic heterocycles. The topological polar surface area (TPSA) is 32.3 Å². The third-order valence-corrected chi connectivity index (χ3v) is 4.86. The Morgan fingerprint density at radius 1 is 1.28 bits per heavy atom. The van der Waals surface area contributed by atoms with Gasteiger partial charge in [-0.2, -0.15) is 0 Å². The SMILES string of the molecule is Cc1cc(N(C)C)ccc1NC1CCS(=O)CC1. The first kappa shape index (κ1) is 13.4. The average molecular weight is 266 g/mol. The second-order valence-electron chi connectivity index (χ2n) is 5.16. The summed E-state index contributed by atoms with van der Waals surface area (Å²) in [5, 5.41) is 3.58. The lowest BCUT2D eigenvalue weighted by atomic mass is 10.1. The maximum absolute atomic E-state index is 11.3. The highest BCUT2D eigenvalue weighted by Crippen LogP contribution is 2.24. The normalized spacial score (nSPS) is 23.7. The Morgan fingerprint density at radius 3 is 2.50 bits per heavy atom. The molecule has 1 aromatic rings. The first-order chi connectivity index (χ1) is 8.56. The van der Waals surface area contributed by atoms with Crippen molar-refractivity contribution in [3.8, 4) is 0 Å². The Hall–Kier alpha value is -1.03. The maximum Gasteiger partial charge on any atom is 0.0373 e. The molecule has 0 atom stereocenters. The van der Waals surface area contributed by atoms with Crippen LogP contribution in [0.15, 0.2) is 18.2 Å². The number of aryl methyl sites for hydroxylation is 1. The van der Waals surface area contributed by atoms with Gasteiger partial charge in [0, 0.05) is 53.8 Å². The van der Waals surface area contributed by atoms with Crippen molar-refractivity contribution in [2.45, 2.75) is 25.8 Å². The zero-order chi connectivity index (χ0) is 13.1. The van der Waals surface area contributed by atoms with Crippen molar-refractivity contribution in [3.63, 3.8) is 0 Å². The number of benzene rings is 1. The van der Waals surface area contributed by atoms with Crippen LogP contribution in [-0.2, 0) is 10.8 Å². The lowest BCUT2D eigenvalue weighted by Crippen LogP contribution is -2.29. The Morgan fingerprint density at radius 2 is 1.94 bits per heavy atom. The second-order valence-corrected chi connectivity index (χ2v) is 6.86. The summed E-state index contributed by atoms with van der Waals surface area (Å²) >= 11 is 0. The van der Waals surface area contributed by atoms with Crippen LogP contribution in [-0.4, -0.2) is 35.9 Å². The zero-order valence-electron chi connectivity index (χ0n) is 11.4. The largest absolute Gasteiger partial charge is 0.382 e. The molecule has 0 radical (unpaired) electrons. The van der Waals surface area contributed by atoms with Gasteiger partial charge in [-0.15, -0.1) is 0 Å². The van der Waals surface area contributed by atoms with Crippen molar-refractivity contribution in [1.29, 1.82) is 0 Å². The maximum atomic E-state index is 11.3. The first-order valence-corrected chi connectivity index (χ1v) is 7.94. The Labute approximate surface area is 112 Å². The van der Waals surface area contributed by atoms with E-state index in [4.69, 9.17) is 0 Å². The van der Waals surface area contributed by atoms with Crippen molar-refractivity contribution in [1.82, 2.24) is 0 Å². The van der Waals surface area contributed by atoms with E-state index in [1.54, 1.807) is 0 Å². The lowest BCUT2D eigenvalue weighted by molar-refractivity contribution is 0.624. The number of anilines is 2. The van der Waals surface area contributed by atoms with Gasteiger partial charge in [-0.25, -0.2) is 0 Å². The molecule has 0 aliphatic carbocycles. The van der Waals surface area contributed by atoms with E-state index in [9.17, 15) is 4.21 Å². The summed E-state index contributed by atoms with van der Waals surface area (Å²) in [4.78, 5) is 2.11. The van der Waals surface area contributed by atoms with E-state index in [0.717, 1.165) is 24.3 Å². The molecule has 0 unspecified atom stereocenters. The third-order valence-electron chi connectivity index (χ3n) is 3.47. The monoisotopic (exact) mass is 266 g/mol. The van der Waals surface area contributed by atoms with Crippen molar-refractivity contribution in [2.24, 2.45) is 0 Å². The molecule has 18 heavy (non-hydrogen) atoms. The van der Waals surface area contributed by atoms with Gasteiger partial charge in [-0.05, 0) is 43.5 Å². The van der Waals surface area contributed by atoms with Gasteiger partial charge < -0.3 is 10.2 Å². The van der Waals surface area contributed by atoms with Gasteiger partial charge in [0.15, 0.2) is 0 Å². The van der Waals surface area contributed by atoms with E-state index in [-0.39, 0.29) is 0 Å². The molecule has 4 heteroatoms. The minimum absolute atomic E-state index is 0.478. The predicted octanol–water partition coefficient (Wildman–Crippen LogP) is 2.38. The van der Waals surface area contributed by atoms with Crippen molar-refractivity contribution < 1.29 is 4.21 Å². The van der Waals surface area contributed by atoms with Crippen LogP contribution in [0.2, 0.25) is 0 Å². The Bertz CT molecular complexity index is 435. The van der Waals surface area contributed by atoms with E-state index < -0.39 is 10.8 Å². The Balaban J connectivity index is 2.03. The quantitative estimate of drug-likeness (QED) is 0.911. The average Bonchev–Trinajstić information content (AvgIpc) is 2.34. The summed E-state index contributed by atoms with van der Waals surface area (Å²) in [5.74, 6) is 1.68. The second kappa shape index (κ2) is 5.74. The van der Waals surface area contributed by atoms with Gasteiger partial charge in [0.1, 0.15) is 0 Å². The highest BCUT2D eigenvalue weighted by atomic mass is 32.2. The zero-order valence-corrected chi connectivity index (χ0v) is 12.2. The molecule has 1 aliphatic heterocycles. The van der Waals surface area contributed by atoms with E-state index in [1.165, 1.54) is 16.9 Å². The highest BCUT2D eigenvalue weighted by Gasteiger charge is 2.18. The summed E-state index contributed by atoms with van der Waals surface area (Å²) in [6, 6.07) is 6.96. The molecule has 100 valence electrons. The minimum atomic E-state index is -0.581. The van der Waals surface area contributed by atoms with Crippen molar-refractivity contribution in [3.05, 3.63) is 23.8 Å². The van der Waals surface area contributed by atoms with Crippen LogP contribution in [0.1, 0.15) is 18.4 Å². The fourth-order valence-corrected chi connectivity index (χ4v) is 3.54. The predicted molar refractivity (Wildman–Crippen MR) is 80.0 cm³/mol. The van der Waals surface area contributed by atoms with Crippen LogP contribution < -0.4 is 10.2 Å². The molecular formula is C14H22N2OS. The van der Waals surface area contributed by atoms with Gasteiger partial charge >= 0.3 is 0 Å². The van der Waals surface area contributed by atoms with Gasteiger partial charge in [0.05, 0.1) is 0 Å². The Kier molecular flexibility index (Phi) is 4.27. The molecule has 2 rings (SSSR count). The van der Waals surface area contributed by atoms with Crippen LogP contribution in [0.25, 0.3) is 0 Å². The first-order valence-electron chi connectivity index (χ1n) is 6.46. The van der Waals surface area contributed by atoms with Gasteiger partial charge in [-0.3, -0.25) is 4.21 Å². The standard InChI is InChI=1S/C14H22N2OS/c1-11-10-13(16(2)3)4-5-14(11)15-12-6-8-18(17)9-7-12/h4-5,10,12,15H,6-9H2,1-3H3. The summed E-state index contributed by atoms with van der Waals surface area (Å²) in [6.45, 7) is 2.14. The summed E-state index contributed by atoms with van der Waals surface area (Å²) in [5.41, 5.74) is 3.70. The van der Waals surface area contributed by atoms with E-state index in [1.807, 2.05) is 0 Å². The number of nitrogens with one attached hydrogen (secondary N) is 1. The van der Waals surface area contributed by atoms with Gasteiger partial charge in [-0.1, -0.05) is 0 Å². The smallest absolute Gasteiger partial charge is 0.0373 e. The summed E-state index contributed by atoms with van der Waals surface area (Å²) in [7, 11) is 3.53. The van der Waals surface area contributed by atoms with Crippen molar-refractivity contribution in [2.75, 3.05) is 35.8 Å². The fourth-order valence-electron chi connectivity index (χ4n) is 2.25. The lowest BCUT2D eigenvalue weighted by Gasteiger charge is -2.25. The number of rotatable bonds is 3. The van der Waals surface area contributed by atoms with E-state index >= 15 is 0 Å². The minimum Gasteiger partial charge on any atom is -0.382 e. The number of hydrogen-bond donors (Lipinski definition) is 1. The molecule has 1 aliphatic rings. The molecule has 1 aromatic carbocycles. The summed E-state index contributed by atoms with van der Waals surface area (Å²) < 4.78 is 11.3. The molecule has 1 fully saturated rings. The number of nitrogens with zero attached hydrogens (tertiary/aromatic N) is 1. The van der Waals surface area contributed by atoms with Crippen LogP contribution in [0.4, 0.5) is 11.4 Å². The van der Waals surface area contributed by atoms with E-state index in [0.29, 0.717) is 6.04 Å². The van der Waals surface area contributed by atoms with Crippen LogP contribution in [0, 0.1) is 6.92 Å². The fraction of sp³-hybridized carbons (Fsp3) is 0.571. The van der Waals surface area contributed by atoms with Crippen LogP contribution in [0.5, 0.6) is 0 Å². The summed E-state index contributed by atoms with van der Waals surface area (Å²) in [6.07, 6.45) is 2.03. The van der Waals surface area contributed by atoms with Gasteiger partial charge in [0.2, 0.25) is 0 Å².